The van der Waals surface area contributed by atoms with E-state index >= 15 is 0 Å². The molecule has 0 saturated carbocycles. The van der Waals surface area contributed by atoms with Gasteiger partial charge in [0.15, 0.2) is 0 Å². The second-order valence-electron chi connectivity index (χ2n) is 4.17. The van der Waals surface area contributed by atoms with Crippen LogP contribution in [0.1, 0.15) is 11.6 Å². The standard InChI is InChI=1S/C14H11BrFNS/c15-9-5-6-11(16)12(7-9)17-13-8-18-14-4-2-1-3-10(13)14/h1-7,13,17H,8H2. The third-order valence-corrected chi connectivity index (χ3v) is 4.63. The summed E-state index contributed by atoms with van der Waals surface area (Å²) in [5.74, 6) is 0.721. The van der Waals surface area contributed by atoms with Crippen LogP contribution < -0.4 is 5.32 Å². The quantitative estimate of drug-likeness (QED) is 0.848. The topological polar surface area (TPSA) is 12.0 Å². The largest absolute Gasteiger partial charge is 0.375 e. The first-order valence-electron chi connectivity index (χ1n) is 5.67. The lowest BCUT2D eigenvalue weighted by atomic mass is 10.1. The van der Waals surface area contributed by atoms with Gasteiger partial charge in [-0.25, -0.2) is 4.39 Å². The highest BCUT2D eigenvalue weighted by Gasteiger charge is 2.23. The molecule has 0 aliphatic carbocycles. The van der Waals surface area contributed by atoms with Crippen LogP contribution in [0.3, 0.4) is 0 Å². The zero-order valence-electron chi connectivity index (χ0n) is 9.49. The molecule has 1 aliphatic rings. The van der Waals surface area contributed by atoms with Gasteiger partial charge >= 0.3 is 0 Å². The average molecular weight is 324 g/mol. The second kappa shape index (κ2) is 4.94. The van der Waals surface area contributed by atoms with E-state index in [-0.39, 0.29) is 11.9 Å². The summed E-state index contributed by atoms with van der Waals surface area (Å²) in [4.78, 5) is 1.28. The lowest BCUT2D eigenvalue weighted by molar-refractivity contribution is 0.627. The van der Waals surface area contributed by atoms with Crippen LogP contribution in [0.15, 0.2) is 51.8 Å². The molecule has 0 aromatic heterocycles. The van der Waals surface area contributed by atoms with Crippen LogP contribution in [0, 0.1) is 5.82 Å². The van der Waals surface area contributed by atoms with E-state index in [0.717, 1.165) is 10.2 Å². The van der Waals surface area contributed by atoms with E-state index in [1.807, 2.05) is 23.9 Å². The number of hydrogen-bond donors (Lipinski definition) is 1. The lowest BCUT2D eigenvalue weighted by Crippen LogP contribution is -2.10. The van der Waals surface area contributed by atoms with Gasteiger partial charge in [0.05, 0.1) is 11.7 Å². The molecule has 1 aliphatic heterocycles. The highest BCUT2D eigenvalue weighted by atomic mass is 79.9. The summed E-state index contributed by atoms with van der Waals surface area (Å²) in [5, 5.41) is 3.28. The number of halogens is 2. The maximum absolute atomic E-state index is 13.7. The molecule has 4 heteroatoms. The van der Waals surface area contributed by atoms with Crippen molar-refractivity contribution in [3.05, 3.63) is 58.3 Å². The Hall–Kier alpha value is -1.00. The van der Waals surface area contributed by atoms with Crippen molar-refractivity contribution in [1.29, 1.82) is 0 Å². The summed E-state index contributed by atoms with van der Waals surface area (Å²) in [6, 6.07) is 13.4. The molecule has 92 valence electrons. The molecule has 2 aromatic carbocycles. The molecule has 0 radical (unpaired) electrons. The first-order valence-corrected chi connectivity index (χ1v) is 7.45. The van der Waals surface area contributed by atoms with Crippen LogP contribution >= 0.6 is 27.7 Å². The summed E-state index contributed by atoms with van der Waals surface area (Å²) in [5.41, 5.74) is 1.80. The highest BCUT2D eigenvalue weighted by Crippen LogP contribution is 2.40. The van der Waals surface area contributed by atoms with E-state index in [4.69, 9.17) is 0 Å². The monoisotopic (exact) mass is 323 g/mol. The Labute approximate surface area is 118 Å². The zero-order valence-corrected chi connectivity index (χ0v) is 11.9. The van der Waals surface area contributed by atoms with Crippen molar-refractivity contribution in [2.75, 3.05) is 11.1 Å². The van der Waals surface area contributed by atoms with Gasteiger partial charge in [0, 0.05) is 15.1 Å². The van der Waals surface area contributed by atoms with Crippen molar-refractivity contribution >= 4 is 33.4 Å². The molecular formula is C14H11BrFNS. The number of hydrogen-bond acceptors (Lipinski definition) is 2. The molecule has 0 spiro atoms. The molecule has 1 N–H and O–H groups in total. The number of benzene rings is 2. The smallest absolute Gasteiger partial charge is 0.146 e. The van der Waals surface area contributed by atoms with Gasteiger partial charge in [0.1, 0.15) is 5.82 Å². The van der Waals surface area contributed by atoms with Crippen molar-refractivity contribution in [3.63, 3.8) is 0 Å². The number of fused-ring (bicyclic) bond motifs is 1. The van der Waals surface area contributed by atoms with E-state index in [1.165, 1.54) is 16.5 Å². The van der Waals surface area contributed by atoms with Crippen molar-refractivity contribution in [2.45, 2.75) is 10.9 Å². The van der Waals surface area contributed by atoms with E-state index in [1.54, 1.807) is 12.1 Å². The van der Waals surface area contributed by atoms with Gasteiger partial charge in [-0.15, -0.1) is 11.8 Å². The van der Waals surface area contributed by atoms with Crippen molar-refractivity contribution in [3.8, 4) is 0 Å². The molecule has 1 unspecified atom stereocenters. The average Bonchev–Trinajstić information content (AvgIpc) is 2.78. The maximum atomic E-state index is 13.7. The molecule has 18 heavy (non-hydrogen) atoms. The second-order valence-corrected chi connectivity index (χ2v) is 6.15. The van der Waals surface area contributed by atoms with E-state index in [2.05, 4.69) is 33.4 Å². The van der Waals surface area contributed by atoms with Crippen LogP contribution in [-0.4, -0.2) is 5.75 Å². The molecule has 0 fully saturated rings. The summed E-state index contributed by atoms with van der Waals surface area (Å²) < 4.78 is 14.6. The van der Waals surface area contributed by atoms with E-state index < -0.39 is 0 Å². The number of rotatable bonds is 2. The normalized spacial score (nSPS) is 17.6. The fourth-order valence-electron chi connectivity index (χ4n) is 2.08. The van der Waals surface area contributed by atoms with Crippen LogP contribution in [0.2, 0.25) is 0 Å². The van der Waals surface area contributed by atoms with Gasteiger partial charge in [0.2, 0.25) is 0 Å². The first kappa shape index (κ1) is 12.1. The van der Waals surface area contributed by atoms with Gasteiger partial charge in [-0.2, -0.15) is 0 Å². The van der Waals surface area contributed by atoms with Gasteiger partial charge in [0.25, 0.3) is 0 Å². The molecule has 1 heterocycles. The summed E-state index contributed by atoms with van der Waals surface area (Å²) in [6.07, 6.45) is 0. The van der Waals surface area contributed by atoms with Crippen molar-refractivity contribution in [2.24, 2.45) is 0 Å². The minimum atomic E-state index is -0.215. The minimum Gasteiger partial charge on any atom is -0.375 e. The molecule has 2 aromatic rings. The fraction of sp³-hybridized carbons (Fsp3) is 0.143. The molecule has 1 atom stereocenters. The Balaban J connectivity index is 1.88. The Bertz CT molecular complexity index is 588. The Morgan fingerprint density at radius 3 is 2.94 bits per heavy atom. The van der Waals surface area contributed by atoms with Crippen molar-refractivity contribution < 1.29 is 4.39 Å². The molecular weight excluding hydrogens is 313 g/mol. The SMILES string of the molecule is Fc1ccc(Br)cc1NC1CSc2ccccc21. The zero-order chi connectivity index (χ0) is 12.5. The predicted octanol–water partition coefficient (Wildman–Crippen LogP) is 4.85. The fourth-order valence-corrected chi connectivity index (χ4v) is 3.60. The molecule has 0 bridgehead atoms. The van der Waals surface area contributed by atoms with Gasteiger partial charge in [-0.3, -0.25) is 0 Å². The Morgan fingerprint density at radius 1 is 1.22 bits per heavy atom. The van der Waals surface area contributed by atoms with Crippen molar-refractivity contribution in [1.82, 2.24) is 0 Å². The lowest BCUT2D eigenvalue weighted by Gasteiger charge is -2.15. The van der Waals surface area contributed by atoms with Gasteiger partial charge in [-0.05, 0) is 29.8 Å². The van der Waals surface area contributed by atoms with Crippen LogP contribution in [0.5, 0.6) is 0 Å². The van der Waals surface area contributed by atoms with Crippen LogP contribution in [-0.2, 0) is 0 Å². The third-order valence-electron chi connectivity index (χ3n) is 2.96. The minimum absolute atomic E-state index is 0.176. The Kier molecular flexibility index (Phi) is 3.31. The van der Waals surface area contributed by atoms with Gasteiger partial charge in [-0.1, -0.05) is 34.1 Å². The number of nitrogens with one attached hydrogen (secondary N) is 1. The molecule has 0 amide bonds. The first-order chi connectivity index (χ1) is 8.74. The summed E-state index contributed by atoms with van der Waals surface area (Å²) in [6.45, 7) is 0. The molecule has 1 nitrogen and oxygen atoms in total. The van der Waals surface area contributed by atoms with E-state index in [0.29, 0.717) is 5.69 Å². The molecule has 3 rings (SSSR count). The number of anilines is 1. The van der Waals surface area contributed by atoms with Gasteiger partial charge < -0.3 is 5.32 Å². The summed E-state index contributed by atoms with van der Waals surface area (Å²) in [7, 11) is 0. The highest BCUT2D eigenvalue weighted by molar-refractivity contribution is 9.10. The molecule has 0 saturated heterocycles. The summed E-state index contributed by atoms with van der Waals surface area (Å²) >= 11 is 5.17. The van der Waals surface area contributed by atoms with Crippen LogP contribution in [0.4, 0.5) is 10.1 Å². The Morgan fingerprint density at radius 2 is 2.06 bits per heavy atom. The number of thioether (sulfide) groups is 1. The maximum Gasteiger partial charge on any atom is 0.146 e. The van der Waals surface area contributed by atoms with E-state index in [9.17, 15) is 4.39 Å². The predicted molar refractivity (Wildman–Crippen MR) is 77.6 cm³/mol. The van der Waals surface area contributed by atoms with Crippen LogP contribution in [0.25, 0.3) is 0 Å². The third kappa shape index (κ3) is 2.27.